The second-order valence-corrected chi connectivity index (χ2v) is 4.26. The first kappa shape index (κ1) is 10.7. The number of rotatable bonds is 2. The molecule has 0 spiro atoms. The van der Waals surface area contributed by atoms with Crippen molar-refractivity contribution in [2.45, 2.75) is 20.3 Å². The van der Waals surface area contributed by atoms with E-state index in [0.717, 1.165) is 12.0 Å². The van der Waals surface area contributed by atoms with Crippen molar-refractivity contribution in [2.75, 3.05) is 0 Å². The molecule has 0 saturated heterocycles. The molecular weight excluding hydrogens is 205 g/mol. The third-order valence-electron chi connectivity index (χ3n) is 2.47. The lowest BCUT2D eigenvalue weighted by Gasteiger charge is -2.02. The fraction of sp³-hybridized carbons (Fsp3) is 0.308. The van der Waals surface area contributed by atoms with E-state index in [-0.39, 0.29) is 5.82 Å². The molecule has 0 unspecified atom stereocenters. The van der Waals surface area contributed by atoms with Crippen LogP contribution in [0.15, 0.2) is 22.6 Å². The predicted octanol–water partition coefficient (Wildman–Crippen LogP) is 3.64. The van der Waals surface area contributed by atoms with Crippen LogP contribution in [-0.2, 0) is 6.42 Å². The maximum absolute atomic E-state index is 13.1. The predicted molar refractivity (Wildman–Crippen MR) is 59.4 cm³/mol. The minimum Gasteiger partial charge on any atom is -0.445 e. The Labute approximate surface area is 93.3 Å². The first-order valence-electron chi connectivity index (χ1n) is 5.23. The largest absolute Gasteiger partial charge is 0.445 e. The first-order chi connectivity index (χ1) is 7.61. The maximum atomic E-state index is 13.1. The van der Waals surface area contributed by atoms with Crippen molar-refractivity contribution >= 4 is 11.0 Å². The van der Waals surface area contributed by atoms with Crippen molar-refractivity contribution in [3.63, 3.8) is 0 Å². The van der Waals surface area contributed by atoms with Gasteiger partial charge in [-0.15, -0.1) is 0 Å². The third kappa shape index (κ3) is 1.79. The smallest absolute Gasteiger partial charge is 0.207 e. The van der Waals surface area contributed by atoms with Crippen molar-refractivity contribution in [1.29, 1.82) is 5.26 Å². The molecule has 2 aromatic rings. The Hall–Kier alpha value is -1.82. The van der Waals surface area contributed by atoms with Gasteiger partial charge in [0.1, 0.15) is 17.5 Å². The molecule has 0 radical (unpaired) electrons. The number of hydrogen-bond donors (Lipinski definition) is 0. The first-order valence-corrected chi connectivity index (χ1v) is 5.23. The number of nitriles is 1. The zero-order chi connectivity index (χ0) is 11.7. The van der Waals surface area contributed by atoms with Gasteiger partial charge in [0, 0.05) is 10.9 Å². The maximum Gasteiger partial charge on any atom is 0.207 e. The topological polar surface area (TPSA) is 36.9 Å². The molecule has 0 bridgehead atoms. The highest BCUT2D eigenvalue weighted by molar-refractivity contribution is 5.83. The van der Waals surface area contributed by atoms with Crippen LogP contribution in [0, 0.1) is 23.1 Å². The monoisotopic (exact) mass is 217 g/mol. The number of furan rings is 1. The molecule has 0 aliphatic carbocycles. The van der Waals surface area contributed by atoms with E-state index in [0.29, 0.717) is 22.6 Å². The average molecular weight is 217 g/mol. The molecule has 0 N–H and O–H groups in total. The van der Waals surface area contributed by atoms with Crippen LogP contribution in [0.4, 0.5) is 4.39 Å². The van der Waals surface area contributed by atoms with E-state index in [1.807, 2.05) is 6.07 Å². The fourth-order valence-corrected chi connectivity index (χ4v) is 1.82. The molecule has 16 heavy (non-hydrogen) atoms. The van der Waals surface area contributed by atoms with Crippen LogP contribution in [0.1, 0.15) is 25.2 Å². The summed E-state index contributed by atoms with van der Waals surface area (Å²) in [5, 5.41) is 9.68. The van der Waals surface area contributed by atoms with Gasteiger partial charge >= 0.3 is 0 Å². The molecule has 0 aliphatic heterocycles. The van der Waals surface area contributed by atoms with Crippen molar-refractivity contribution in [3.8, 4) is 6.07 Å². The molecule has 0 aliphatic rings. The Morgan fingerprint density at radius 3 is 2.81 bits per heavy atom. The van der Waals surface area contributed by atoms with E-state index in [4.69, 9.17) is 9.68 Å². The molecule has 3 heteroatoms. The van der Waals surface area contributed by atoms with Crippen molar-refractivity contribution in [3.05, 3.63) is 35.3 Å². The van der Waals surface area contributed by atoms with Crippen molar-refractivity contribution in [1.82, 2.24) is 0 Å². The molecule has 2 nitrogen and oxygen atoms in total. The van der Waals surface area contributed by atoms with Crippen LogP contribution in [-0.4, -0.2) is 0 Å². The lowest BCUT2D eigenvalue weighted by molar-refractivity contribution is 0.578. The van der Waals surface area contributed by atoms with Gasteiger partial charge in [-0.1, -0.05) is 13.8 Å². The summed E-state index contributed by atoms with van der Waals surface area (Å²) in [7, 11) is 0. The molecule has 82 valence electrons. The van der Waals surface area contributed by atoms with Crippen LogP contribution >= 0.6 is 0 Å². The lowest BCUT2D eigenvalue weighted by atomic mass is 10.00. The summed E-state index contributed by atoms with van der Waals surface area (Å²) in [6, 6.07) is 6.35. The molecule has 2 rings (SSSR count). The van der Waals surface area contributed by atoms with Crippen LogP contribution < -0.4 is 0 Å². The zero-order valence-electron chi connectivity index (χ0n) is 9.25. The molecule has 1 aromatic heterocycles. The Balaban J connectivity index is 2.67. The lowest BCUT2D eigenvalue weighted by Crippen LogP contribution is -1.95. The molecular formula is C13H12FNO. The summed E-state index contributed by atoms with van der Waals surface area (Å²) in [5.41, 5.74) is 1.39. The van der Waals surface area contributed by atoms with Crippen LogP contribution in [0.5, 0.6) is 0 Å². The molecule has 0 fully saturated rings. The summed E-state index contributed by atoms with van der Waals surface area (Å²) < 4.78 is 18.5. The highest BCUT2D eigenvalue weighted by Crippen LogP contribution is 2.28. The van der Waals surface area contributed by atoms with Gasteiger partial charge in [0.05, 0.1) is 0 Å². The zero-order valence-corrected chi connectivity index (χ0v) is 9.25. The van der Waals surface area contributed by atoms with Gasteiger partial charge in [-0.25, -0.2) is 4.39 Å². The highest BCUT2D eigenvalue weighted by Gasteiger charge is 2.15. The fourth-order valence-electron chi connectivity index (χ4n) is 1.82. The second kappa shape index (κ2) is 3.97. The van der Waals surface area contributed by atoms with Crippen molar-refractivity contribution in [2.24, 2.45) is 5.92 Å². The summed E-state index contributed by atoms with van der Waals surface area (Å²) in [4.78, 5) is 0. The Morgan fingerprint density at radius 1 is 1.44 bits per heavy atom. The van der Waals surface area contributed by atoms with Crippen molar-refractivity contribution < 1.29 is 8.81 Å². The van der Waals surface area contributed by atoms with Crippen LogP contribution in [0.25, 0.3) is 11.0 Å². The van der Waals surface area contributed by atoms with E-state index < -0.39 is 0 Å². The molecule has 0 atom stereocenters. The van der Waals surface area contributed by atoms with E-state index >= 15 is 0 Å². The van der Waals surface area contributed by atoms with E-state index in [2.05, 4.69) is 13.8 Å². The number of benzene rings is 1. The Kier molecular flexibility index (Phi) is 2.66. The molecule has 1 heterocycles. The van der Waals surface area contributed by atoms with E-state index in [9.17, 15) is 4.39 Å². The SMILES string of the molecule is CC(C)Cc1c(C#N)oc2ccc(F)cc12. The van der Waals surface area contributed by atoms with Gasteiger partial charge < -0.3 is 4.42 Å². The number of hydrogen-bond acceptors (Lipinski definition) is 2. The average Bonchev–Trinajstić information content (AvgIpc) is 2.56. The molecule has 1 aromatic carbocycles. The van der Waals surface area contributed by atoms with E-state index in [1.54, 1.807) is 6.07 Å². The standard InChI is InChI=1S/C13H12FNO/c1-8(2)5-10-11-6-9(14)3-4-12(11)16-13(10)7-15/h3-4,6,8H,5H2,1-2H3. The third-order valence-corrected chi connectivity index (χ3v) is 2.47. The second-order valence-electron chi connectivity index (χ2n) is 4.26. The highest BCUT2D eigenvalue weighted by atomic mass is 19.1. The minimum atomic E-state index is -0.303. The Bertz CT molecular complexity index is 563. The molecule has 0 amide bonds. The summed E-state index contributed by atoms with van der Waals surface area (Å²) >= 11 is 0. The van der Waals surface area contributed by atoms with Gasteiger partial charge in [-0.3, -0.25) is 0 Å². The van der Waals surface area contributed by atoms with Crippen LogP contribution in [0.2, 0.25) is 0 Å². The minimum absolute atomic E-state index is 0.300. The molecule has 0 saturated carbocycles. The number of nitrogens with zero attached hydrogens (tertiary/aromatic N) is 1. The summed E-state index contributed by atoms with van der Waals surface area (Å²) in [6.45, 7) is 4.11. The van der Waals surface area contributed by atoms with Gasteiger partial charge in [0.15, 0.2) is 0 Å². The van der Waals surface area contributed by atoms with Gasteiger partial charge in [-0.05, 0) is 30.5 Å². The Morgan fingerprint density at radius 2 is 2.19 bits per heavy atom. The van der Waals surface area contributed by atoms with Gasteiger partial charge in [0.2, 0.25) is 5.76 Å². The number of fused-ring (bicyclic) bond motifs is 1. The number of halogens is 1. The van der Waals surface area contributed by atoms with E-state index in [1.165, 1.54) is 12.1 Å². The summed E-state index contributed by atoms with van der Waals surface area (Å²) in [6.07, 6.45) is 0.722. The summed E-state index contributed by atoms with van der Waals surface area (Å²) in [5.74, 6) is 0.397. The normalized spacial score (nSPS) is 10.9. The quantitative estimate of drug-likeness (QED) is 0.770. The van der Waals surface area contributed by atoms with Gasteiger partial charge in [-0.2, -0.15) is 5.26 Å². The van der Waals surface area contributed by atoms with Crippen LogP contribution in [0.3, 0.4) is 0 Å². The van der Waals surface area contributed by atoms with Gasteiger partial charge in [0.25, 0.3) is 0 Å².